The van der Waals surface area contributed by atoms with Crippen LogP contribution in [0.2, 0.25) is 0 Å². The van der Waals surface area contributed by atoms with Gasteiger partial charge < -0.3 is 5.32 Å². The summed E-state index contributed by atoms with van der Waals surface area (Å²) < 4.78 is 1.86. The Kier molecular flexibility index (Phi) is 1.99. The molecular weight excluding hydrogens is 198 g/mol. The predicted molar refractivity (Wildman–Crippen MR) is 55.4 cm³/mol. The number of aryl methyl sites for hydroxylation is 1. The average molecular weight is 209 g/mol. The molecule has 3 rings (SSSR count). The van der Waals surface area contributed by atoms with Gasteiger partial charge in [-0.25, -0.2) is 9.67 Å². The van der Waals surface area contributed by atoms with Crippen LogP contribution in [0.5, 0.6) is 0 Å². The summed E-state index contributed by atoms with van der Waals surface area (Å²) in [5, 5.41) is 10.4. The van der Waals surface area contributed by atoms with Crippen molar-refractivity contribution in [3.8, 4) is 0 Å². The van der Waals surface area contributed by atoms with E-state index in [2.05, 4.69) is 20.4 Å². The van der Waals surface area contributed by atoms with Gasteiger partial charge in [0.15, 0.2) is 6.17 Å². The highest BCUT2D eigenvalue weighted by atomic mass is 32.1. The average Bonchev–Trinajstić information content (AvgIpc) is 2.67. The second kappa shape index (κ2) is 3.06. The summed E-state index contributed by atoms with van der Waals surface area (Å²) in [7, 11) is 0. The van der Waals surface area contributed by atoms with Crippen molar-refractivity contribution in [3.05, 3.63) is 22.4 Å². The highest BCUT2D eigenvalue weighted by Gasteiger charge is 2.31. The minimum absolute atomic E-state index is 0. The second-order valence-corrected chi connectivity index (χ2v) is 3.77. The van der Waals surface area contributed by atoms with Crippen LogP contribution in [0.3, 0.4) is 0 Å². The molecule has 6 heteroatoms. The van der Waals surface area contributed by atoms with E-state index < -0.39 is 0 Å². The Morgan fingerprint density at radius 3 is 3.07 bits per heavy atom. The normalized spacial score (nSPS) is 17.6. The lowest BCUT2D eigenvalue weighted by molar-refractivity contribution is 0.506. The Morgan fingerprint density at radius 2 is 2.43 bits per heavy atom. The number of anilines is 1. The molecule has 74 valence electrons. The van der Waals surface area contributed by atoms with E-state index in [9.17, 15) is 0 Å². The summed E-state index contributed by atoms with van der Waals surface area (Å²) in [6.07, 6.45) is 1.89. The van der Waals surface area contributed by atoms with Gasteiger partial charge in [0, 0.05) is 11.6 Å². The number of nitrogens with zero attached hydrogens (tertiary/aromatic N) is 4. The zero-order valence-electron chi connectivity index (χ0n) is 6.93. The number of fused-ring (bicyclic) bond motifs is 1. The van der Waals surface area contributed by atoms with Gasteiger partial charge in [0.05, 0.1) is 0 Å². The van der Waals surface area contributed by atoms with E-state index in [0.29, 0.717) is 0 Å². The molecule has 2 aromatic rings. The van der Waals surface area contributed by atoms with Crippen LogP contribution in [0.1, 0.15) is 24.4 Å². The summed E-state index contributed by atoms with van der Waals surface area (Å²) in [4.78, 5) is 8.39. The Morgan fingerprint density at radius 1 is 1.57 bits per heavy atom. The van der Waals surface area contributed by atoms with Crippen molar-refractivity contribution >= 4 is 17.3 Å². The number of hydrogen-bond donors (Lipinski definition) is 1. The molecule has 2 aromatic heterocycles. The zero-order valence-corrected chi connectivity index (χ0v) is 7.75. The Bertz CT molecular complexity index is 433. The first-order valence-corrected chi connectivity index (χ1v) is 4.81. The zero-order chi connectivity index (χ0) is 8.84. The van der Waals surface area contributed by atoms with Crippen LogP contribution in [0.15, 0.2) is 11.6 Å². The molecule has 5 nitrogen and oxygen atoms in total. The molecule has 0 aromatic carbocycles. The Hall–Kier alpha value is -1.43. The second-order valence-electron chi connectivity index (χ2n) is 2.84. The lowest BCUT2D eigenvalue weighted by Gasteiger charge is -2.26. The quantitative estimate of drug-likeness (QED) is 0.776. The van der Waals surface area contributed by atoms with Crippen LogP contribution in [-0.4, -0.2) is 19.7 Å². The molecular formula is C8H11N5S. The van der Waals surface area contributed by atoms with Crippen molar-refractivity contribution < 1.29 is 0 Å². The third kappa shape index (κ3) is 1.11. The third-order valence-corrected chi connectivity index (χ3v) is 2.76. The van der Waals surface area contributed by atoms with Crippen LogP contribution in [-0.2, 0) is 0 Å². The number of thiazole rings is 1. The smallest absolute Gasteiger partial charge is 0.225 e. The van der Waals surface area contributed by atoms with Gasteiger partial charge in [0.1, 0.15) is 10.8 Å². The lowest BCUT2D eigenvalue weighted by atomic mass is 10.4. The molecule has 1 unspecified atom stereocenters. The van der Waals surface area contributed by atoms with Crippen LogP contribution >= 0.6 is 11.3 Å². The largest absolute Gasteiger partial charge is 0.327 e. The molecule has 0 saturated carbocycles. The Balaban J connectivity index is 0.000000750. The molecule has 1 aliphatic rings. The molecule has 0 radical (unpaired) electrons. The van der Waals surface area contributed by atoms with E-state index in [-0.39, 0.29) is 13.6 Å². The van der Waals surface area contributed by atoms with Crippen LogP contribution in [0, 0.1) is 6.92 Å². The number of aromatic nitrogens is 4. The maximum absolute atomic E-state index is 4.24. The van der Waals surface area contributed by atoms with Gasteiger partial charge in [0.2, 0.25) is 5.95 Å². The van der Waals surface area contributed by atoms with Gasteiger partial charge >= 0.3 is 0 Å². The first-order valence-electron chi connectivity index (χ1n) is 3.93. The van der Waals surface area contributed by atoms with Crippen molar-refractivity contribution in [2.75, 3.05) is 5.32 Å². The molecule has 0 bridgehead atoms. The minimum Gasteiger partial charge on any atom is -0.327 e. The van der Waals surface area contributed by atoms with E-state index in [1.165, 1.54) is 0 Å². The summed E-state index contributed by atoms with van der Waals surface area (Å²) in [6.45, 7) is 1.88. The van der Waals surface area contributed by atoms with Crippen molar-refractivity contribution in [2.45, 2.75) is 20.5 Å². The molecule has 0 spiro atoms. The molecule has 3 heterocycles. The van der Waals surface area contributed by atoms with Gasteiger partial charge in [0.25, 0.3) is 0 Å². The van der Waals surface area contributed by atoms with Gasteiger partial charge in [-0.3, -0.25) is 0 Å². The maximum atomic E-state index is 4.24. The van der Waals surface area contributed by atoms with E-state index >= 15 is 0 Å². The van der Waals surface area contributed by atoms with Gasteiger partial charge in [-0.2, -0.15) is 10.1 Å². The predicted octanol–water partition coefficient (Wildman–Crippen LogP) is 1.65. The Labute approximate surface area is 85.8 Å². The minimum atomic E-state index is 0. The van der Waals surface area contributed by atoms with Gasteiger partial charge in [-0.05, 0) is 6.92 Å². The SMILES string of the molecule is C.Cc1nc2n(n1)C(c1nccs1)N2. The van der Waals surface area contributed by atoms with Gasteiger partial charge in [-0.1, -0.05) is 7.43 Å². The fourth-order valence-electron chi connectivity index (χ4n) is 1.36. The number of hydrogen-bond acceptors (Lipinski definition) is 5. The summed E-state index contributed by atoms with van der Waals surface area (Å²) in [6, 6.07) is 0. The lowest BCUT2D eigenvalue weighted by Crippen LogP contribution is -2.32. The monoisotopic (exact) mass is 209 g/mol. The fourth-order valence-corrected chi connectivity index (χ4v) is 2.03. The van der Waals surface area contributed by atoms with Crippen molar-refractivity contribution in [1.82, 2.24) is 19.7 Å². The molecule has 14 heavy (non-hydrogen) atoms. The number of rotatable bonds is 1. The van der Waals surface area contributed by atoms with Crippen molar-refractivity contribution in [2.24, 2.45) is 0 Å². The van der Waals surface area contributed by atoms with Gasteiger partial charge in [-0.15, -0.1) is 11.3 Å². The molecule has 0 fully saturated rings. The summed E-state index contributed by atoms with van der Waals surface area (Å²) in [5.41, 5.74) is 0. The van der Waals surface area contributed by atoms with Crippen molar-refractivity contribution in [3.63, 3.8) is 0 Å². The first-order chi connectivity index (χ1) is 6.34. The molecule has 0 amide bonds. The molecule has 1 N–H and O–H groups in total. The van der Waals surface area contributed by atoms with Crippen LogP contribution in [0.25, 0.3) is 0 Å². The first kappa shape index (κ1) is 9.14. The molecule has 0 aliphatic carbocycles. The van der Waals surface area contributed by atoms with E-state index in [1.54, 1.807) is 17.5 Å². The summed E-state index contributed by atoms with van der Waals surface area (Å²) >= 11 is 1.62. The van der Waals surface area contributed by atoms with Crippen LogP contribution in [0.4, 0.5) is 5.95 Å². The standard InChI is InChI=1S/C7H7N5S.CH4/c1-4-9-7-10-5(12(7)11-4)6-8-2-3-13-6;/h2-3,5H,1H3,(H,9,10,11);1H4. The van der Waals surface area contributed by atoms with E-state index in [1.807, 2.05) is 17.0 Å². The van der Waals surface area contributed by atoms with E-state index in [0.717, 1.165) is 16.8 Å². The molecule has 0 saturated heterocycles. The third-order valence-electron chi connectivity index (χ3n) is 1.93. The van der Waals surface area contributed by atoms with E-state index in [4.69, 9.17) is 0 Å². The maximum Gasteiger partial charge on any atom is 0.225 e. The topological polar surface area (TPSA) is 55.6 Å². The van der Waals surface area contributed by atoms with Crippen LogP contribution < -0.4 is 5.32 Å². The highest BCUT2D eigenvalue weighted by molar-refractivity contribution is 7.09. The fraction of sp³-hybridized carbons (Fsp3) is 0.375. The highest BCUT2D eigenvalue weighted by Crippen LogP contribution is 2.31. The van der Waals surface area contributed by atoms with Crippen molar-refractivity contribution in [1.29, 1.82) is 0 Å². The summed E-state index contributed by atoms with van der Waals surface area (Å²) in [5.74, 6) is 1.62. The molecule has 1 atom stereocenters. The molecule has 1 aliphatic heterocycles. The number of nitrogens with one attached hydrogen (secondary N) is 1.